The van der Waals surface area contributed by atoms with Crippen LogP contribution in [0.5, 0.6) is 11.5 Å². The number of hydrogen-bond donors (Lipinski definition) is 1. The van der Waals surface area contributed by atoms with Gasteiger partial charge in [-0.2, -0.15) is 0 Å². The number of pyridine rings is 2. The number of aromatic nitrogens is 2. The third-order valence-electron chi connectivity index (χ3n) is 4.62. The van der Waals surface area contributed by atoms with Gasteiger partial charge >= 0.3 is 11.6 Å². The van der Waals surface area contributed by atoms with Gasteiger partial charge in [-0.15, -0.1) is 0 Å². The molecule has 0 unspecified atom stereocenters. The molecule has 14 nitrogen and oxygen atoms in total. The number of nitro benzene ring substituents is 2. The number of benzene rings is 2. The van der Waals surface area contributed by atoms with Crippen LogP contribution in [0.3, 0.4) is 0 Å². The van der Waals surface area contributed by atoms with Crippen LogP contribution in [-0.2, 0) is 4.74 Å². The summed E-state index contributed by atoms with van der Waals surface area (Å²) in [6.07, 6.45) is 2.63. The normalized spacial score (nSPS) is 9.83. The standard InChI is InChI=1S/C14H12N2O5S2.C7H4ClNO4.C7H9NOS2/c17-14(21-12-6-4-11(5-7-12)16(18)19)20-9-10-22-23-13-3-1-2-8-15-13;8-7(10)13-6-3-1-5(2-4-6)9(11)12;9-5-6-10-11-7-3-1-2-4-8-7/h1-8H,9-10H2;1-4H;1-4,9H,5-6H2. The van der Waals surface area contributed by atoms with Gasteiger partial charge < -0.3 is 19.3 Å². The highest BCUT2D eigenvalue weighted by Gasteiger charge is 2.09. The van der Waals surface area contributed by atoms with E-state index in [9.17, 15) is 29.8 Å². The minimum absolute atomic E-state index is 0.0747. The van der Waals surface area contributed by atoms with E-state index in [4.69, 9.17) is 26.2 Å². The van der Waals surface area contributed by atoms with Crippen molar-refractivity contribution in [2.75, 3.05) is 24.7 Å². The van der Waals surface area contributed by atoms with Crippen LogP contribution in [0.4, 0.5) is 21.0 Å². The predicted octanol–water partition coefficient (Wildman–Crippen LogP) is 8.09. The fourth-order valence-corrected chi connectivity index (χ4v) is 6.13. The van der Waals surface area contributed by atoms with Gasteiger partial charge in [-0.1, -0.05) is 33.7 Å². The molecule has 0 atom stereocenters. The summed E-state index contributed by atoms with van der Waals surface area (Å²) in [5.41, 5.74) is -1.13. The largest absolute Gasteiger partial charge is 0.513 e. The van der Waals surface area contributed by atoms with Crippen molar-refractivity contribution < 1.29 is 38.8 Å². The van der Waals surface area contributed by atoms with E-state index in [0.29, 0.717) is 5.75 Å². The van der Waals surface area contributed by atoms with Gasteiger partial charge in [0, 0.05) is 59.8 Å². The van der Waals surface area contributed by atoms with Crippen LogP contribution in [0.2, 0.25) is 0 Å². The minimum atomic E-state index is -0.978. The SMILES string of the molecule is O=C(Cl)Oc1ccc([N+](=O)[O-])cc1.O=C(OCCSSc1ccccn1)Oc1ccc([N+](=O)[O-])cc1.OCCSSc1ccccn1. The van der Waals surface area contributed by atoms with Crippen molar-refractivity contribution in [3.05, 3.63) is 118 Å². The molecule has 248 valence electrons. The molecule has 0 radical (unpaired) electrons. The molecular weight excluding hydrogens is 716 g/mol. The zero-order valence-electron chi connectivity index (χ0n) is 24.0. The van der Waals surface area contributed by atoms with E-state index in [1.807, 2.05) is 36.4 Å². The van der Waals surface area contributed by atoms with Gasteiger partial charge in [0.15, 0.2) is 0 Å². The molecule has 4 rings (SSSR count). The number of halogens is 1. The first kappa shape index (κ1) is 39.1. The number of hydrogen-bond acceptors (Lipinski definition) is 16. The molecule has 0 bridgehead atoms. The second-order valence-electron chi connectivity index (χ2n) is 7.91. The zero-order valence-corrected chi connectivity index (χ0v) is 28.0. The molecule has 0 spiro atoms. The number of ether oxygens (including phenoxy) is 3. The summed E-state index contributed by atoms with van der Waals surface area (Å²) >= 11 is 4.92. The Bertz CT molecular complexity index is 1530. The van der Waals surface area contributed by atoms with Crippen LogP contribution < -0.4 is 9.47 Å². The van der Waals surface area contributed by atoms with Crippen molar-refractivity contribution in [3.8, 4) is 11.5 Å². The molecule has 4 aromatic rings. The van der Waals surface area contributed by atoms with Gasteiger partial charge in [-0.25, -0.2) is 19.6 Å². The lowest BCUT2D eigenvalue weighted by atomic mass is 10.3. The van der Waals surface area contributed by atoms with Crippen molar-refractivity contribution in [2.24, 2.45) is 0 Å². The van der Waals surface area contributed by atoms with E-state index < -0.39 is 21.4 Å². The summed E-state index contributed by atoms with van der Waals surface area (Å²) < 4.78 is 14.3. The number of carbonyl (C=O) groups excluding carboxylic acids is 2. The lowest BCUT2D eigenvalue weighted by Crippen LogP contribution is -2.12. The van der Waals surface area contributed by atoms with Gasteiger partial charge in [0.25, 0.3) is 11.4 Å². The Labute approximate surface area is 289 Å². The average Bonchev–Trinajstić information content (AvgIpc) is 3.06. The number of carbonyl (C=O) groups is 2. The average molecular weight is 741 g/mol. The topological polar surface area (TPSA) is 194 Å². The lowest BCUT2D eigenvalue weighted by molar-refractivity contribution is -0.385. The Morgan fingerprint density at radius 1 is 0.723 bits per heavy atom. The smallest absolute Gasteiger partial charge is 0.433 e. The third-order valence-corrected chi connectivity index (χ3v) is 9.17. The van der Waals surface area contributed by atoms with Gasteiger partial charge in [0.2, 0.25) is 0 Å². The number of nitro groups is 2. The number of aliphatic hydroxyl groups excluding tert-OH is 1. The van der Waals surface area contributed by atoms with Crippen LogP contribution in [0, 0.1) is 20.2 Å². The molecule has 0 amide bonds. The molecule has 2 heterocycles. The van der Waals surface area contributed by atoms with Crippen LogP contribution in [-0.4, -0.2) is 61.2 Å². The fourth-order valence-electron chi connectivity index (χ4n) is 2.68. The second-order valence-corrected chi connectivity index (χ2v) is 13.1. The summed E-state index contributed by atoms with van der Waals surface area (Å²) in [4.78, 5) is 49.6. The van der Waals surface area contributed by atoms with Crippen molar-refractivity contribution in [1.82, 2.24) is 9.97 Å². The number of non-ortho nitro benzene ring substituents is 2. The fraction of sp³-hybridized carbons (Fsp3) is 0.143. The summed E-state index contributed by atoms with van der Waals surface area (Å²) in [7, 11) is 6.20. The molecule has 0 aliphatic carbocycles. The van der Waals surface area contributed by atoms with Crippen molar-refractivity contribution in [3.63, 3.8) is 0 Å². The first-order valence-electron chi connectivity index (χ1n) is 12.9. The maximum absolute atomic E-state index is 11.5. The Morgan fingerprint density at radius 3 is 1.60 bits per heavy atom. The molecule has 2 aromatic carbocycles. The maximum atomic E-state index is 11.5. The van der Waals surface area contributed by atoms with Crippen molar-refractivity contribution in [1.29, 1.82) is 0 Å². The van der Waals surface area contributed by atoms with E-state index in [0.717, 1.165) is 15.8 Å². The molecule has 0 aliphatic rings. The second kappa shape index (κ2) is 23.3. The number of aliphatic hydroxyl groups is 1. The van der Waals surface area contributed by atoms with E-state index in [1.165, 1.54) is 70.1 Å². The quantitative estimate of drug-likeness (QED) is 0.0262. The third kappa shape index (κ3) is 18.0. The molecular formula is C28H25ClN4O10S4. The summed E-state index contributed by atoms with van der Waals surface area (Å²) in [6, 6.07) is 21.6. The molecule has 0 aliphatic heterocycles. The first-order chi connectivity index (χ1) is 22.7. The Morgan fingerprint density at radius 2 is 1.19 bits per heavy atom. The minimum Gasteiger partial charge on any atom is -0.433 e. The van der Waals surface area contributed by atoms with E-state index in [-0.39, 0.29) is 36.1 Å². The molecule has 0 saturated carbocycles. The van der Waals surface area contributed by atoms with Gasteiger partial charge in [-0.05, 0) is 70.1 Å². The van der Waals surface area contributed by atoms with Crippen LogP contribution in [0.15, 0.2) is 107 Å². The first-order valence-corrected chi connectivity index (χ1v) is 17.9. The van der Waals surface area contributed by atoms with E-state index in [1.54, 1.807) is 34.0 Å². The molecule has 19 heteroatoms. The number of rotatable bonds is 13. The van der Waals surface area contributed by atoms with Crippen LogP contribution in [0.1, 0.15) is 0 Å². The highest BCUT2D eigenvalue weighted by molar-refractivity contribution is 8.77. The highest BCUT2D eigenvalue weighted by Crippen LogP contribution is 2.29. The Balaban J connectivity index is 0.000000270. The number of nitrogens with zero attached hydrogens (tertiary/aromatic N) is 4. The molecule has 2 aromatic heterocycles. The molecule has 0 fully saturated rings. The lowest BCUT2D eigenvalue weighted by Gasteiger charge is -2.05. The van der Waals surface area contributed by atoms with Crippen LogP contribution in [0.25, 0.3) is 0 Å². The zero-order chi connectivity index (χ0) is 34.3. The maximum Gasteiger partial charge on any atom is 0.513 e. The van der Waals surface area contributed by atoms with Gasteiger partial charge in [-0.3, -0.25) is 20.2 Å². The van der Waals surface area contributed by atoms with Gasteiger partial charge in [0.05, 0.1) is 16.5 Å². The Hall–Kier alpha value is -4.07. The van der Waals surface area contributed by atoms with Crippen molar-refractivity contribution in [2.45, 2.75) is 10.1 Å². The van der Waals surface area contributed by atoms with Crippen LogP contribution >= 0.6 is 54.8 Å². The monoisotopic (exact) mass is 740 g/mol. The summed E-state index contributed by atoms with van der Waals surface area (Å²) in [5.74, 6) is 1.69. The summed E-state index contributed by atoms with van der Waals surface area (Å²) in [5, 5.41) is 31.1. The van der Waals surface area contributed by atoms with E-state index in [2.05, 4.69) is 14.7 Å². The molecule has 0 saturated heterocycles. The van der Waals surface area contributed by atoms with E-state index >= 15 is 0 Å². The predicted molar refractivity (Wildman–Crippen MR) is 182 cm³/mol. The van der Waals surface area contributed by atoms with Gasteiger partial charge in [0.1, 0.15) is 28.2 Å². The molecule has 1 N–H and O–H groups in total. The highest BCUT2D eigenvalue weighted by atomic mass is 35.5. The van der Waals surface area contributed by atoms with Crippen molar-refractivity contribution >= 4 is 77.7 Å². The molecule has 47 heavy (non-hydrogen) atoms. The Kier molecular flexibility index (Phi) is 19.4. The summed E-state index contributed by atoms with van der Waals surface area (Å²) in [6.45, 7) is 0.417.